The minimum Gasteiger partial charge on any atom is -0.325 e. The number of hydrogen-bond acceptors (Lipinski definition) is 2. The summed E-state index contributed by atoms with van der Waals surface area (Å²) in [7, 11) is 1.87. The lowest BCUT2D eigenvalue weighted by Crippen LogP contribution is -2.49. The molecule has 4 rings (SSSR count). The van der Waals surface area contributed by atoms with Crippen molar-refractivity contribution in [1.82, 2.24) is 15.1 Å². The minimum absolute atomic E-state index is 0.0283. The molecular weight excluding hydrogens is 389 g/mol. The van der Waals surface area contributed by atoms with Crippen molar-refractivity contribution < 1.29 is 9.18 Å². The highest BCUT2D eigenvalue weighted by molar-refractivity contribution is 6.30. The van der Waals surface area contributed by atoms with Crippen LogP contribution in [-0.4, -0.2) is 48.6 Å². The maximum absolute atomic E-state index is 14.5. The maximum atomic E-state index is 14.5. The van der Waals surface area contributed by atoms with Crippen LogP contribution in [0.2, 0.25) is 5.02 Å². The quantitative estimate of drug-likeness (QED) is 0.790. The molecule has 1 fully saturated rings. The van der Waals surface area contributed by atoms with Crippen LogP contribution in [0.5, 0.6) is 0 Å². The summed E-state index contributed by atoms with van der Waals surface area (Å²) in [5, 5.41) is 3.82. The first-order valence-electron chi connectivity index (χ1n) is 10.00. The zero-order chi connectivity index (χ0) is 20.4. The van der Waals surface area contributed by atoms with Crippen molar-refractivity contribution in [3.63, 3.8) is 0 Å². The van der Waals surface area contributed by atoms with E-state index in [1.807, 2.05) is 53.3 Å². The van der Waals surface area contributed by atoms with Gasteiger partial charge in [-0.3, -0.25) is 0 Å². The Kier molecular flexibility index (Phi) is 5.88. The van der Waals surface area contributed by atoms with Gasteiger partial charge < -0.3 is 15.1 Å². The van der Waals surface area contributed by atoms with E-state index in [0.717, 1.165) is 37.1 Å². The molecule has 2 aromatic rings. The van der Waals surface area contributed by atoms with Crippen LogP contribution in [0.1, 0.15) is 30.0 Å². The molecule has 0 unspecified atom stereocenters. The maximum Gasteiger partial charge on any atom is 0.321 e. The van der Waals surface area contributed by atoms with Crippen molar-refractivity contribution >= 4 is 23.2 Å². The predicted molar refractivity (Wildman–Crippen MR) is 114 cm³/mol. The monoisotopic (exact) mass is 413 g/mol. The summed E-state index contributed by atoms with van der Waals surface area (Å²) in [6, 6.07) is 14.4. The first-order chi connectivity index (χ1) is 14.0. The van der Waals surface area contributed by atoms with Crippen LogP contribution < -0.4 is 5.32 Å². The van der Waals surface area contributed by atoms with Gasteiger partial charge in [0.1, 0.15) is 5.82 Å². The zero-order valence-electron chi connectivity index (χ0n) is 16.4. The Balaban J connectivity index is 1.65. The van der Waals surface area contributed by atoms with Gasteiger partial charge in [0, 0.05) is 30.2 Å². The second-order valence-electron chi connectivity index (χ2n) is 7.67. The molecule has 1 N–H and O–H groups in total. The Bertz CT molecular complexity index is 912. The third-order valence-corrected chi connectivity index (χ3v) is 6.09. The van der Waals surface area contributed by atoms with Crippen LogP contribution in [0, 0.1) is 5.82 Å². The largest absolute Gasteiger partial charge is 0.325 e. The Morgan fingerprint density at radius 2 is 1.90 bits per heavy atom. The number of benzene rings is 2. The third kappa shape index (κ3) is 4.16. The van der Waals surface area contributed by atoms with E-state index >= 15 is 0 Å². The van der Waals surface area contributed by atoms with E-state index in [-0.39, 0.29) is 23.9 Å². The predicted octanol–water partition coefficient (Wildman–Crippen LogP) is 4.72. The third-order valence-electron chi connectivity index (χ3n) is 5.85. The molecule has 2 aromatic carbocycles. The van der Waals surface area contributed by atoms with Gasteiger partial charge in [0.2, 0.25) is 0 Å². The topological polar surface area (TPSA) is 35.6 Å². The lowest BCUT2D eigenvalue weighted by atomic mass is 10.0. The summed E-state index contributed by atoms with van der Waals surface area (Å²) in [6.45, 7) is 2.19. The van der Waals surface area contributed by atoms with Crippen molar-refractivity contribution in [3.05, 3.63) is 76.6 Å². The number of halogens is 2. The van der Waals surface area contributed by atoms with Gasteiger partial charge in [-0.2, -0.15) is 0 Å². The van der Waals surface area contributed by atoms with Crippen LogP contribution in [0.15, 0.2) is 54.6 Å². The van der Waals surface area contributed by atoms with E-state index in [2.05, 4.69) is 5.32 Å². The van der Waals surface area contributed by atoms with E-state index in [4.69, 9.17) is 11.6 Å². The van der Waals surface area contributed by atoms with Crippen LogP contribution in [0.4, 0.5) is 9.18 Å². The Morgan fingerprint density at radius 1 is 1.17 bits per heavy atom. The molecule has 0 radical (unpaired) electrons. The van der Waals surface area contributed by atoms with Crippen molar-refractivity contribution in [2.75, 3.05) is 26.7 Å². The second-order valence-corrected chi connectivity index (χ2v) is 8.11. The highest BCUT2D eigenvalue weighted by Crippen LogP contribution is 2.37. The average molecular weight is 414 g/mol. The van der Waals surface area contributed by atoms with E-state index < -0.39 is 0 Å². The molecule has 2 aliphatic heterocycles. The molecule has 29 heavy (non-hydrogen) atoms. The molecule has 0 bridgehead atoms. The molecule has 0 aliphatic carbocycles. The van der Waals surface area contributed by atoms with Gasteiger partial charge in [0.15, 0.2) is 0 Å². The van der Waals surface area contributed by atoms with Crippen LogP contribution in [0.3, 0.4) is 0 Å². The molecule has 0 saturated carbocycles. The first kappa shape index (κ1) is 19.9. The molecule has 0 aromatic heterocycles. The standard InChI is InChI=1S/C23H25ClFN3O/c1-27(19-9-11-26-12-10-19)23(29)28-15-17(20-14-18(24)7-8-21(20)25)13-22(28)16-5-3-2-4-6-16/h2-8,13-14,19,22,26H,9-12,15H2,1H3/t22-/m0/s1. The summed E-state index contributed by atoms with van der Waals surface area (Å²) >= 11 is 6.11. The zero-order valence-corrected chi connectivity index (χ0v) is 17.2. The molecule has 152 valence electrons. The van der Waals surface area contributed by atoms with Crippen LogP contribution in [-0.2, 0) is 0 Å². The smallest absolute Gasteiger partial charge is 0.321 e. The number of nitrogens with one attached hydrogen (secondary N) is 1. The van der Waals surface area contributed by atoms with Crippen molar-refractivity contribution in [3.8, 4) is 0 Å². The SMILES string of the molecule is CN(C(=O)N1CC(c2cc(Cl)ccc2F)=C[C@H]1c1ccccc1)C1CCNCC1. The number of piperidine rings is 1. The second kappa shape index (κ2) is 8.56. The number of hydrogen-bond donors (Lipinski definition) is 1. The first-order valence-corrected chi connectivity index (χ1v) is 10.4. The Labute approximate surface area is 176 Å². The normalized spacial score (nSPS) is 19.9. The fourth-order valence-electron chi connectivity index (χ4n) is 4.20. The van der Waals surface area contributed by atoms with Gasteiger partial charge in [-0.25, -0.2) is 9.18 Å². The molecule has 2 aliphatic rings. The molecule has 2 amide bonds. The molecule has 2 heterocycles. The highest BCUT2D eigenvalue weighted by atomic mass is 35.5. The van der Waals surface area contributed by atoms with E-state index in [9.17, 15) is 9.18 Å². The van der Waals surface area contributed by atoms with Gasteiger partial charge in [0.25, 0.3) is 0 Å². The van der Waals surface area contributed by atoms with Crippen LogP contribution in [0.25, 0.3) is 5.57 Å². The minimum atomic E-state index is -0.325. The summed E-state index contributed by atoms with van der Waals surface area (Å²) in [5.74, 6) is -0.325. The molecule has 0 spiro atoms. The van der Waals surface area contributed by atoms with Gasteiger partial charge in [-0.1, -0.05) is 48.0 Å². The van der Waals surface area contributed by atoms with Gasteiger partial charge in [-0.15, -0.1) is 0 Å². The number of carbonyl (C=O) groups is 1. The van der Waals surface area contributed by atoms with E-state index in [1.165, 1.54) is 6.07 Å². The lowest BCUT2D eigenvalue weighted by molar-refractivity contribution is 0.136. The Morgan fingerprint density at radius 3 is 2.62 bits per heavy atom. The molecule has 1 saturated heterocycles. The van der Waals surface area contributed by atoms with Gasteiger partial charge in [-0.05, 0) is 55.3 Å². The number of amides is 2. The fourth-order valence-corrected chi connectivity index (χ4v) is 4.37. The number of carbonyl (C=O) groups excluding carboxylic acids is 1. The van der Waals surface area contributed by atoms with E-state index in [0.29, 0.717) is 17.1 Å². The van der Waals surface area contributed by atoms with E-state index in [1.54, 1.807) is 12.1 Å². The molecule has 6 heteroatoms. The lowest BCUT2D eigenvalue weighted by Gasteiger charge is -2.36. The Hall–Kier alpha value is -2.37. The summed E-state index contributed by atoms with van der Waals surface area (Å²) < 4.78 is 14.5. The number of urea groups is 1. The number of rotatable bonds is 3. The van der Waals surface area contributed by atoms with Crippen molar-refractivity contribution in [1.29, 1.82) is 0 Å². The van der Waals surface area contributed by atoms with Crippen molar-refractivity contribution in [2.45, 2.75) is 24.9 Å². The molecule has 4 nitrogen and oxygen atoms in total. The number of nitrogens with zero attached hydrogens (tertiary/aromatic N) is 2. The molecule has 1 atom stereocenters. The highest BCUT2D eigenvalue weighted by Gasteiger charge is 2.35. The summed E-state index contributed by atoms with van der Waals surface area (Å²) in [6.07, 6.45) is 3.86. The van der Waals surface area contributed by atoms with Crippen LogP contribution >= 0.6 is 11.6 Å². The van der Waals surface area contributed by atoms with Gasteiger partial charge >= 0.3 is 6.03 Å². The average Bonchev–Trinajstić information content (AvgIpc) is 3.21. The van der Waals surface area contributed by atoms with Crippen molar-refractivity contribution in [2.24, 2.45) is 0 Å². The van der Waals surface area contributed by atoms with Gasteiger partial charge in [0.05, 0.1) is 6.04 Å². The summed E-state index contributed by atoms with van der Waals surface area (Å²) in [5.41, 5.74) is 2.25. The fraction of sp³-hybridized carbons (Fsp3) is 0.348. The summed E-state index contributed by atoms with van der Waals surface area (Å²) in [4.78, 5) is 17.1. The molecular formula is C23H25ClFN3O.